The summed E-state index contributed by atoms with van der Waals surface area (Å²) in [5, 5.41) is 0. The number of methoxy groups -OCH3 is 2. The molecular formula is C21H32O6Si. The molecule has 156 valence electrons. The van der Waals surface area contributed by atoms with Crippen LogP contribution >= 0.6 is 0 Å². The summed E-state index contributed by atoms with van der Waals surface area (Å²) in [4.78, 5) is 25.3. The first-order valence-corrected chi connectivity index (χ1v) is 13.4. The van der Waals surface area contributed by atoms with Crippen molar-refractivity contribution in [2.75, 3.05) is 27.4 Å². The Morgan fingerprint density at radius 2 is 1.57 bits per heavy atom. The maximum absolute atomic E-state index is 12.8. The molecule has 3 aliphatic rings. The first-order valence-electron chi connectivity index (χ1n) is 9.81. The first kappa shape index (κ1) is 21.3. The lowest BCUT2D eigenvalue weighted by molar-refractivity contribution is -0.283. The van der Waals surface area contributed by atoms with Gasteiger partial charge in [0.1, 0.15) is 0 Å². The number of carbonyl (C=O) groups excluding carboxylic acids is 2. The molecule has 0 aromatic carbocycles. The monoisotopic (exact) mass is 408 g/mol. The number of allylic oxidation sites excluding steroid dienone is 2. The summed E-state index contributed by atoms with van der Waals surface area (Å²) < 4.78 is 22.1. The summed E-state index contributed by atoms with van der Waals surface area (Å²) in [7, 11) is 0.832. The van der Waals surface area contributed by atoms with Crippen LogP contribution in [0.2, 0.25) is 25.2 Å². The van der Waals surface area contributed by atoms with Gasteiger partial charge in [0.05, 0.1) is 46.7 Å². The Bertz CT molecular complexity index is 745. The van der Waals surface area contributed by atoms with Gasteiger partial charge in [0.15, 0.2) is 5.79 Å². The van der Waals surface area contributed by atoms with Gasteiger partial charge in [-0.25, -0.2) is 9.59 Å². The summed E-state index contributed by atoms with van der Waals surface area (Å²) in [5.74, 6) is -1.43. The van der Waals surface area contributed by atoms with E-state index >= 15 is 0 Å². The fourth-order valence-corrected chi connectivity index (χ4v) is 7.36. The molecule has 1 fully saturated rings. The minimum atomic E-state index is -1.90. The van der Waals surface area contributed by atoms with E-state index in [1.54, 1.807) is 0 Å². The maximum atomic E-state index is 12.8. The van der Waals surface area contributed by atoms with Crippen molar-refractivity contribution in [3.63, 3.8) is 0 Å². The van der Waals surface area contributed by atoms with E-state index in [0.717, 1.165) is 12.8 Å². The van der Waals surface area contributed by atoms with Crippen molar-refractivity contribution in [2.45, 2.75) is 64.1 Å². The molecule has 3 rings (SSSR count). The zero-order valence-electron chi connectivity index (χ0n) is 18.1. The van der Waals surface area contributed by atoms with Gasteiger partial charge in [-0.15, -0.1) is 0 Å². The van der Waals surface area contributed by atoms with Gasteiger partial charge in [0.2, 0.25) is 0 Å². The van der Waals surface area contributed by atoms with Crippen LogP contribution in [0.25, 0.3) is 0 Å². The van der Waals surface area contributed by atoms with Crippen molar-refractivity contribution < 1.29 is 28.5 Å². The third-order valence-electron chi connectivity index (χ3n) is 6.12. The number of rotatable bonds is 3. The van der Waals surface area contributed by atoms with Gasteiger partial charge in [-0.05, 0) is 26.7 Å². The molecule has 1 unspecified atom stereocenters. The molecule has 0 N–H and O–H groups in total. The van der Waals surface area contributed by atoms with E-state index in [4.69, 9.17) is 18.9 Å². The number of hydrogen-bond donors (Lipinski definition) is 0. The van der Waals surface area contributed by atoms with E-state index in [0.29, 0.717) is 30.8 Å². The Kier molecular flexibility index (Phi) is 5.40. The first-order chi connectivity index (χ1) is 12.9. The van der Waals surface area contributed by atoms with Crippen LogP contribution in [-0.2, 0) is 28.5 Å². The van der Waals surface area contributed by atoms with E-state index < -0.39 is 25.8 Å². The van der Waals surface area contributed by atoms with Crippen LogP contribution in [0.15, 0.2) is 22.3 Å². The van der Waals surface area contributed by atoms with Gasteiger partial charge in [-0.3, -0.25) is 0 Å². The van der Waals surface area contributed by atoms with E-state index in [9.17, 15) is 9.59 Å². The maximum Gasteiger partial charge on any atom is 0.334 e. The normalized spacial score (nSPS) is 26.3. The van der Waals surface area contributed by atoms with Crippen LogP contribution in [0.4, 0.5) is 0 Å². The van der Waals surface area contributed by atoms with Crippen LogP contribution in [0, 0.1) is 5.41 Å². The van der Waals surface area contributed by atoms with Gasteiger partial charge >= 0.3 is 11.9 Å². The van der Waals surface area contributed by atoms with Crippen molar-refractivity contribution in [1.29, 1.82) is 0 Å². The molecule has 1 saturated heterocycles. The van der Waals surface area contributed by atoms with Gasteiger partial charge in [-0.1, -0.05) is 30.8 Å². The molecular weight excluding hydrogens is 376 g/mol. The number of esters is 2. The van der Waals surface area contributed by atoms with E-state index in [1.807, 2.05) is 13.8 Å². The summed E-state index contributed by atoms with van der Waals surface area (Å²) in [6, 6.07) is 0. The van der Waals surface area contributed by atoms with Crippen LogP contribution in [0.3, 0.4) is 0 Å². The summed E-state index contributed by atoms with van der Waals surface area (Å²) in [6.45, 7) is 11.8. The lowest BCUT2D eigenvalue weighted by Crippen LogP contribution is -2.45. The fraction of sp³-hybridized carbons (Fsp3) is 0.714. The number of carbonyl (C=O) groups is 2. The molecule has 0 saturated carbocycles. The van der Waals surface area contributed by atoms with Crippen molar-refractivity contribution >= 4 is 20.0 Å². The minimum absolute atomic E-state index is 0.0629. The molecule has 0 aromatic rings. The Labute approximate surface area is 168 Å². The molecule has 1 atom stereocenters. The second-order valence-corrected chi connectivity index (χ2v) is 15.1. The highest BCUT2D eigenvalue weighted by Crippen LogP contribution is 2.57. The molecule has 1 heterocycles. The predicted molar refractivity (Wildman–Crippen MR) is 107 cm³/mol. The minimum Gasteiger partial charge on any atom is -0.466 e. The average Bonchev–Trinajstić information content (AvgIpc) is 2.98. The van der Waals surface area contributed by atoms with Crippen molar-refractivity contribution in [3.05, 3.63) is 22.3 Å². The second kappa shape index (κ2) is 7.11. The van der Waals surface area contributed by atoms with Crippen LogP contribution in [0.5, 0.6) is 0 Å². The SMILES string of the molecule is COC(=O)C1=C(C(=O)OC)C([Si](C)(C)C)C2=C(C1)CC1(COC(C)(C)OC1)C2. The van der Waals surface area contributed by atoms with Crippen molar-refractivity contribution in [3.8, 4) is 0 Å². The fourth-order valence-electron chi connectivity index (χ4n) is 4.85. The Hall–Kier alpha value is -1.44. The molecule has 28 heavy (non-hydrogen) atoms. The van der Waals surface area contributed by atoms with Crippen LogP contribution in [0.1, 0.15) is 33.1 Å². The smallest absolute Gasteiger partial charge is 0.334 e. The zero-order chi connectivity index (χ0) is 20.9. The van der Waals surface area contributed by atoms with Crippen LogP contribution in [-0.4, -0.2) is 53.2 Å². The van der Waals surface area contributed by atoms with Crippen molar-refractivity contribution in [2.24, 2.45) is 5.41 Å². The third-order valence-corrected chi connectivity index (χ3v) is 8.48. The summed E-state index contributed by atoms with van der Waals surface area (Å²) in [6.07, 6.45) is 2.11. The lowest BCUT2D eigenvalue weighted by Gasteiger charge is -2.42. The molecule has 0 radical (unpaired) electrons. The van der Waals surface area contributed by atoms with Crippen molar-refractivity contribution in [1.82, 2.24) is 0 Å². The van der Waals surface area contributed by atoms with E-state index in [-0.39, 0.29) is 11.0 Å². The topological polar surface area (TPSA) is 71.1 Å². The van der Waals surface area contributed by atoms with Crippen LogP contribution < -0.4 is 0 Å². The summed E-state index contributed by atoms with van der Waals surface area (Å²) in [5.41, 5.74) is 3.31. The molecule has 1 spiro atoms. The van der Waals surface area contributed by atoms with E-state index in [1.165, 1.54) is 25.4 Å². The number of hydrogen-bond acceptors (Lipinski definition) is 6. The van der Waals surface area contributed by atoms with Gasteiger partial charge < -0.3 is 18.9 Å². The Morgan fingerprint density at radius 3 is 2.07 bits per heavy atom. The predicted octanol–water partition coefficient (Wildman–Crippen LogP) is 3.60. The highest BCUT2D eigenvalue weighted by atomic mass is 28.3. The van der Waals surface area contributed by atoms with E-state index in [2.05, 4.69) is 19.6 Å². The average molecular weight is 409 g/mol. The molecule has 2 aliphatic carbocycles. The van der Waals surface area contributed by atoms with Gasteiger partial charge in [0, 0.05) is 17.4 Å². The quantitative estimate of drug-likeness (QED) is 0.404. The largest absolute Gasteiger partial charge is 0.466 e. The highest BCUT2D eigenvalue weighted by Gasteiger charge is 2.52. The lowest BCUT2D eigenvalue weighted by atomic mass is 9.84. The summed E-state index contributed by atoms with van der Waals surface area (Å²) >= 11 is 0. The Balaban J connectivity index is 2.02. The third kappa shape index (κ3) is 3.72. The molecule has 6 nitrogen and oxygen atoms in total. The number of ether oxygens (including phenoxy) is 4. The standard InChI is InChI=1S/C21H32O6Si/c1-20(2)26-11-21(12-27-20)9-13-8-14(18(22)24-3)16(19(23)25-4)17(15(13)10-21)28(5,6)7/h17H,8-12H2,1-7H3. The van der Waals surface area contributed by atoms with Gasteiger partial charge in [0.25, 0.3) is 0 Å². The molecule has 0 aromatic heterocycles. The molecule has 0 bridgehead atoms. The molecule has 1 aliphatic heterocycles. The Morgan fingerprint density at radius 1 is 1.00 bits per heavy atom. The highest BCUT2D eigenvalue weighted by molar-refractivity contribution is 6.79. The molecule has 7 heteroatoms. The van der Waals surface area contributed by atoms with Gasteiger partial charge in [-0.2, -0.15) is 0 Å². The second-order valence-electron chi connectivity index (χ2n) is 9.81. The zero-order valence-corrected chi connectivity index (χ0v) is 19.1. The molecule has 0 amide bonds.